The second-order valence-corrected chi connectivity index (χ2v) is 4.31. The van der Waals surface area contributed by atoms with Crippen molar-refractivity contribution in [1.29, 1.82) is 0 Å². The highest BCUT2D eigenvalue weighted by Gasteiger charge is 2.01. The van der Waals surface area contributed by atoms with Crippen molar-refractivity contribution in [3.8, 4) is 0 Å². The molecule has 0 bridgehead atoms. The summed E-state index contributed by atoms with van der Waals surface area (Å²) in [6.07, 6.45) is 0. The summed E-state index contributed by atoms with van der Waals surface area (Å²) in [6, 6.07) is 18.2. The van der Waals surface area contributed by atoms with Gasteiger partial charge in [-0.1, -0.05) is 42.1 Å². The van der Waals surface area contributed by atoms with E-state index in [4.69, 9.17) is 11.8 Å². The number of hydrogen-bond donors (Lipinski definition) is 1. The Kier molecular flexibility index (Phi) is 3.54. The van der Waals surface area contributed by atoms with Crippen molar-refractivity contribution >= 4 is 29.2 Å². The molecular weight excluding hydrogens is 226 g/mol. The fourth-order valence-electron chi connectivity index (χ4n) is 1.25. The lowest BCUT2D eigenvalue weighted by Crippen LogP contribution is -1.83. The first-order valence-electron chi connectivity index (χ1n) is 4.59. The summed E-state index contributed by atoms with van der Waals surface area (Å²) in [4.78, 5) is 5.00. The average Bonchev–Trinajstić information content (AvgIpc) is 2.31. The molecule has 15 heavy (non-hydrogen) atoms. The van der Waals surface area contributed by atoms with Gasteiger partial charge in [-0.3, -0.25) is 4.84 Å². The molecule has 0 aromatic heterocycles. The van der Waals surface area contributed by atoms with Crippen LogP contribution in [0.5, 0.6) is 0 Å². The second-order valence-electron chi connectivity index (χ2n) is 3.01. The topological polar surface area (TPSA) is 12.0 Å². The quantitative estimate of drug-likeness (QED) is 0.792. The standard InChI is InChI=1S/C12H10ClNS/c13-14-11-8-4-5-9-12(11)15-10-6-2-1-3-7-10/h1-9,14H. The van der Waals surface area contributed by atoms with Gasteiger partial charge in [-0.2, -0.15) is 0 Å². The number of anilines is 1. The van der Waals surface area contributed by atoms with Gasteiger partial charge in [-0.15, -0.1) is 0 Å². The largest absolute Gasteiger partial charge is 0.297 e. The van der Waals surface area contributed by atoms with Gasteiger partial charge < -0.3 is 0 Å². The number of hydrogen-bond acceptors (Lipinski definition) is 2. The molecule has 1 N–H and O–H groups in total. The Morgan fingerprint density at radius 3 is 2.27 bits per heavy atom. The molecule has 2 aromatic rings. The first kappa shape index (κ1) is 10.4. The van der Waals surface area contributed by atoms with Gasteiger partial charge in [-0.05, 0) is 24.3 Å². The smallest absolute Gasteiger partial charge is 0.0631 e. The van der Waals surface area contributed by atoms with E-state index in [-0.39, 0.29) is 0 Å². The van der Waals surface area contributed by atoms with Crippen molar-refractivity contribution < 1.29 is 0 Å². The lowest BCUT2D eigenvalue weighted by atomic mass is 10.3. The number of benzene rings is 2. The van der Waals surface area contributed by atoms with Crippen LogP contribution in [0, 0.1) is 0 Å². The summed E-state index contributed by atoms with van der Waals surface area (Å²) in [6.45, 7) is 0. The van der Waals surface area contributed by atoms with E-state index < -0.39 is 0 Å². The Hall–Kier alpha value is -1.12. The highest BCUT2D eigenvalue weighted by Crippen LogP contribution is 2.33. The van der Waals surface area contributed by atoms with Gasteiger partial charge in [0.05, 0.1) is 5.69 Å². The molecule has 0 radical (unpaired) electrons. The number of rotatable bonds is 3. The average molecular weight is 236 g/mol. The molecule has 0 saturated carbocycles. The van der Waals surface area contributed by atoms with E-state index in [0.29, 0.717) is 0 Å². The van der Waals surface area contributed by atoms with Crippen LogP contribution in [0.25, 0.3) is 0 Å². The minimum absolute atomic E-state index is 0.938. The molecule has 2 rings (SSSR count). The van der Waals surface area contributed by atoms with Gasteiger partial charge in [0, 0.05) is 21.6 Å². The molecule has 1 nitrogen and oxygen atoms in total. The Balaban J connectivity index is 2.24. The normalized spacial score (nSPS) is 9.93. The maximum absolute atomic E-state index is 5.63. The van der Waals surface area contributed by atoms with Crippen LogP contribution in [-0.2, 0) is 0 Å². The maximum Gasteiger partial charge on any atom is 0.0631 e. The summed E-state index contributed by atoms with van der Waals surface area (Å²) in [5.41, 5.74) is 0.938. The molecule has 0 aliphatic carbocycles. The molecule has 0 amide bonds. The Bertz CT molecular complexity index is 431. The molecule has 2 aromatic carbocycles. The summed E-state index contributed by atoms with van der Waals surface area (Å²) in [5.74, 6) is 0. The highest BCUT2D eigenvalue weighted by molar-refractivity contribution is 7.99. The van der Waals surface area contributed by atoms with Crippen LogP contribution in [-0.4, -0.2) is 0 Å². The lowest BCUT2D eigenvalue weighted by Gasteiger charge is -2.06. The van der Waals surface area contributed by atoms with Crippen LogP contribution >= 0.6 is 23.5 Å². The van der Waals surface area contributed by atoms with Gasteiger partial charge in [0.2, 0.25) is 0 Å². The Morgan fingerprint density at radius 1 is 0.867 bits per heavy atom. The zero-order valence-corrected chi connectivity index (χ0v) is 9.55. The third kappa shape index (κ3) is 2.67. The van der Waals surface area contributed by atoms with Crippen LogP contribution in [0.3, 0.4) is 0 Å². The van der Waals surface area contributed by atoms with Crippen molar-refractivity contribution in [1.82, 2.24) is 0 Å². The highest BCUT2D eigenvalue weighted by atomic mass is 35.5. The predicted octanol–water partition coefficient (Wildman–Crippen LogP) is 4.40. The molecular formula is C12H10ClNS. The molecule has 0 aliphatic rings. The van der Waals surface area contributed by atoms with Gasteiger partial charge in [0.1, 0.15) is 0 Å². The van der Waals surface area contributed by atoms with E-state index in [1.54, 1.807) is 11.8 Å². The first-order chi connectivity index (χ1) is 7.40. The van der Waals surface area contributed by atoms with Crippen molar-refractivity contribution in [2.45, 2.75) is 9.79 Å². The second kappa shape index (κ2) is 5.10. The summed E-state index contributed by atoms with van der Waals surface area (Å²) in [7, 11) is 0. The minimum Gasteiger partial charge on any atom is -0.297 e. The van der Waals surface area contributed by atoms with Gasteiger partial charge in [0.25, 0.3) is 0 Å². The molecule has 0 spiro atoms. The number of nitrogens with one attached hydrogen (secondary N) is 1. The Morgan fingerprint density at radius 2 is 1.53 bits per heavy atom. The van der Waals surface area contributed by atoms with E-state index in [2.05, 4.69) is 17.0 Å². The van der Waals surface area contributed by atoms with E-state index in [0.717, 1.165) is 10.6 Å². The third-order valence-corrected chi connectivity index (χ3v) is 3.25. The zero-order chi connectivity index (χ0) is 10.5. The van der Waals surface area contributed by atoms with Crippen LogP contribution in [0.1, 0.15) is 0 Å². The van der Waals surface area contributed by atoms with Gasteiger partial charge in [-0.25, -0.2) is 0 Å². The molecule has 0 fully saturated rings. The Labute approximate surface area is 98.6 Å². The molecule has 76 valence electrons. The van der Waals surface area contributed by atoms with Crippen molar-refractivity contribution in [3.05, 3.63) is 54.6 Å². The number of para-hydroxylation sites is 1. The van der Waals surface area contributed by atoms with Crippen LogP contribution in [0.2, 0.25) is 0 Å². The van der Waals surface area contributed by atoms with E-state index in [1.807, 2.05) is 42.5 Å². The minimum atomic E-state index is 0.938. The summed E-state index contributed by atoms with van der Waals surface area (Å²) < 4.78 is 0. The SMILES string of the molecule is ClNc1ccccc1Sc1ccccc1. The lowest BCUT2D eigenvalue weighted by molar-refractivity contribution is 1.41. The van der Waals surface area contributed by atoms with Crippen molar-refractivity contribution in [3.63, 3.8) is 0 Å². The van der Waals surface area contributed by atoms with Gasteiger partial charge >= 0.3 is 0 Å². The van der Waals surface area contributed by atoms with Crippen LogP contribution in [0.15, 0.2) is 64.4 Å². The summed E-state index contributed by atoms with van der Waals surface area (Å²) >= 11 is 7.33. The maximum atomic E-state index is 5.63. The van der Waals surface area contributed by atoms with Crippen LogP contribution in [0.4, 0.5) is 5.69 Å². The van der Waals surface area contributed by atoms with E-state index in [9.17, 15) is 0 Å². The molecule has 0 unspecified atom stereocenters. The fraction of sp³-hybridized carbons (Fsp3) is 0. The van der Waals surface area contributed by atoms with Crippen LogP contribution < -0.4 is 4.84 Å². The van der Waals surface area contributed by atoms with E-state index in [1.165, 1.54) is 4.90 Å². The van der Waals surface area contributed by atoms with Gasteiger partial charge in [0.15, 0.2) is 0 Å². The zero-order valence-electron chi connectivity index (χ0n) is 7.98. The van der Waals surface area contributed by atoms with Crippen molar-refractivity contribution in [2.75, 3.05) is 4.84 Å². The monoisotopic (exact) mass is 235 g/mol. The molecule has 0 heterocycles. The molecule has 3 heteroatoms. The molecule has 0 atom stereocenters. The fourth-order valence-corrected chi connectivity index (χ4v) is 2.39. The third-order valence-electron chi connectivity index (χ3n) is 1.96. The van der Waals surface area contributed by atoms with Crippen molar-refractivity contribution in [2.24, 2.45) is 0 Å². The summed E-state index contributed by atoms with van der Waals surface area (Å²) in [5, 5.41) is 0. The number of halogens is 1. The first-order valence-corrected chi connectivity index (χ1v) is 5.78. The molecule has 0 saturated heterocycles. The predicted molar refractivity (Wildman–Crippen MR) is 66.5 cm³/mol. The molecule has 0 aliphatic heterocycles. The van der Waals surface area contributed by atoms with E-state index >= 15 is 0 Å².